The Kier molecular flexibility index (Phi) is 3.43. The summed E-state index contributed by atoms with van der Waals surface area (Å²) in [7, 11) is 0. The molecule has 21 heavy (non-hydrogen) atoms. The van der Waals surface area contributed by atoms with Gasteiger partial charge in [0.1, 0.15) is 18.2 Å². The van der Waals surface area contributed by atoms with E-state index in [9.17, 15) is 13.6 Å². The average Bonchev–Trinajstić information content (AvgIpc) is 2.49. The van der Waals surface area contributed by atoms with Crippen molar-refractivity contribution in [1.29, 1.82) is 0 Å². The van der Waals surface area contributed by atoms with Crippen LogP contribution in [0.2, 0.25) is 0 Å². The molecule has 0 bridgehead atoms. The lowest BCUT2D eigenvalue weighted by Crippen LogP contribution is -2.40. The molecule has 6 heteroatoms. The van der Waals surface area contributed by atoms with Crippen molar-refractivity contribution in [2.24, 2.45) is 0 Å². The van der Waals surface area contributed by atoms with Crippen molar-refractivity contribution in [2.45, 2.75) is 6.10 Å². The third kappa shape index (κ3) is 2.79. The molecule has 1 aliphatic heterocycles. The summed E-state index contributed by atoms with van der Waals surface area (Å²) >= 11 is 0. The molecule has 0 radical (unpaired) electrons. The molecular weight excluding hydrogens is 280 g/mol. The summed E-state index contributed by atoms with van der Waals surface area (Å²) in [5.74, 6) is -1.12. The van der Waals surface area contributed by atoms with E-state index in [-0.39, 0.29) is 12.3 Å². The molecule has 1 heterocycles. The Hall–Kier alpha value is -2.63. The molecule has 4 nitrogen and oxygen atoms in total. The van der Waals surface area contributed by atoms with E-state index in [1.165, 1.54) is 0 Å². The number of hydrogen-bond acceptors (Lipinski definition) is 3. The molecule has 3 rings (SSSR count). The topological polar surface area (TPSA) is 47.6 Å². The van der Waals surface area contributed by atoms with Crippen molar-refractivity contribution < 1.29 is 23.0 Å². The van der Waals surface area contributed by atoms with Gasteiger partial charge in [0, 0.05) is 6.07 Å². The summed E-state index contributed by atoms with van der Waals surface area (Å²) in [4.78, 5) is 12.0. The molecule has 0 aromatic heterocycles. The van der Waals surface area contributed by atoms with Gasteiger partial charge in [-0.3, -0.25) is 4.79 Å². The third-order valence-electron chi connectivity index (χ3n) is 2.99. The lowest BCUT2D eigenvalue weighted by molar-refractivity contribution is -0.125. The predicted molar refractivity (Wildman–Crippen MR) is 71.3 cm³/mol. The van der Waals surface area contributed by atoms with Gasteiger partial charge in [0.25, 0.3) is 5.91 Å². The highest BCUT2D eigenvalue weighted by atomic mass is 19.1. The monoisotopic (exact) mass is 291 g/mol. The van der Waals surface area contributed by atoms with Gasteiger partial charge >= 0.3 is 0 Å². The Balaban J connectivity index is 1.72. The molecular formula is C15H11F2NO3. The number of nitrogens with one attached hydrogen (secondary N) is 1. The highest BCUT2D eigenvalue weighted by Gasteiger charge is 2.27. The SMILES string of the molecule is O=C(Nc1ccc(F)cc1F)[C@@H]1COc2ccccc2O1. The lowest BCUT2D eigenvalue weighted by atomic mass is 10.2. The first-order valence-corrected chi connectivity index (χ1v) is 6.28. The van der Waals surface area contributed by atoms with Gasteiger partial charge in [0.15, 0.2) is 11.5 Å². The standard InChI is InChI=1S/C15H11F2NO3/c16-9-5-6-11(10(17)7-9)18-15(19)14-8-20-12-3-1-2-4-13(12)21-14/h1-7,14H,8H2,(H,18,19)/t14-/m0/s1. The summed E-state index contributed by atoms with van der Waals surface area (Å²) in [5.41, 5.74) is -0.108. The number of ether oxygens (including phenoxy) is 2. The van der Waals surface area contributed by atoms with Crippen LogP contribution in [0.5, 0.6) is 11.5 Å². The molecule has 0 saturated carbocycles. The summed E-state index contributed by atoms with van der Waals surface area (Å²) < 4.78 is 37.2. The Labute approximate surface area is 119 Å². The first-order chi connectivity index (χ1) is 10.1. The van der Waals surface area contributed by atoms with Gasteiger partial charge in [0.05, 0.1) is 5.69 Å². The zero-order valence-corrected chi connectivity index (χ0v) is 10.8. The number of para-hydroxylation sites is 2. The maximum atomic E-state index is 13.5. The van der Waals surface area contributed by atoms with E-state index in [4.69, 9.17) is 9.47 Å². The number of anilines is 1. The first-order valence-electron chi connectivity index (χ1n) is 6.28. The number of halogens is 2. The van der Waals surface area contributed by atoms with Crippen LogP contribution in [0.4, 0.5) is 14.5 Å². The van der Waals surface area contributed by atoms with Crippen LogP contribution in [0.25, 0.3) is 0 Å². The van der Waals surface area contributed by atoms with Crippen molar-refractivity contribution in [1.82, 2.24) is 0 Å². The van der Waals surface area contributed by atoms with Crippen LogP contribution >= 0.6 is 0 Å². The second-order valence-electron chi connectivity index (χ2n) is 4.48. The van der Waals surface area contributed by atoms with Gasteiger partial charge in [-0.25, -0.2) is 8.78 Å². The number of benzene rings is 2. The van der Waals surface area contributed by atoms with Gasteiger partial charge < -0.3 is 14.8 Å². The van der Waals surface area contributed by atoms with Gasteiger partial charge in [-0.2, -0.15) is 0 Å². The molecule has 0 spiro atoms. The lowest BCUT2D eigenvalue weighted by Gasteiger charge is -2.25. The second-order valence-corrected chi connectivity index (χ2v) is 4.48. The molecule has 0 unspecified atom stereocenters. The zero-order chi connectivity index (χ0) is 14.8. The fourth-order valence-electron chi connectivity index (χ4n) is 1.95. The minimum absolute atomic E-state index is 0.0195. The summed E-state index contributed by atoms with van der Waals surface area (Å²) in [5, 5.41) is 2.35. The summed E-state index contributed by atoms with van der Waals surface area (Å²) in [6.45, 7) is 0.0195. The van der Waals surface area contributed by atoms with E-state index < -0.39 is 23.6 Å². The van der Waals surface area contributed by atoms with Crippen LogP contribution in [0.15, 0.2) is 42.5 Å². The fourth-order valence-corrected chi connectivity index (χ4v) is 1.95. The number of carbonyl (C=O) groups is 1. The van der Waals surface area contributed by atoms with Crippen LogP contribution in [0.1, 0.15) is 0 Å². The van der Waals surface area contributed by atoms with Crippen LogP contribution < -0.4 is 14.8 Å². The molecule has 2 aromatic rings. The van der Waals surface area contributed by atoms with Crippen LogP contribution in [0, 0.1) is 11.6 Å². The zero-order valence-electron chi connectivity index (χ0n) is 10.8. The highest BCUT2D eigenvalue weighted by Crippen LogP contribution is 2.31. The number of rotatable bonds is 2. The summed E-state index contributed by atoms with van der Waals surface area (Å²) in [6.07, 6.45) is -0.899. The molecule has 1 amide bonds. The van der Waals surface area contributed by atoms with E-state index >= 15 is 0 Å². The molecule has 0 fully saturated rings. The van der Waals surface area contributed by atoms with Crippen molar-refractivity contribution in [3.8, 4) is 11.5 Å². The van der Waals surface area contributed by atoms with Crippen molar-refractivity contribution >= 4 is 11.6 Å². The van der Waals surface area contributed by atoms with Gasteiger partial charge in [-0.15, -0.1) is 0 Å². The molecule has 1 atom stereocenters. The van der Waals surface area contributed by atoms with Gasteiger partial charge in [-0.1, -0.05) is 12.1 Å². The van der Waals surface area contributed by atoms with Crippen molar-refractivity contribution in [3.05, 3.63) is 54.1 Å². The minimum atomic E-state index is -0.899. The van der Waals surface area contributed by atoms with E-state index in [1.54, 1.807) is 24.3 Å². The fraction of sp³-hybridized carbons (Fsp3) is 0.133. The average molecular weight is 291 g/mol. The predicted octanol–water partition coefficient (Wildman–Crippen LogP) is 2.74. The highest BCUT2D eigenvalue weighted by molar-refractivity contribution is 5.94. The van der Waals surface area contributed by atoms with Crippen LogP contribution in [0.3, 0.4) is 0 Å². The number of hydrogen-bond donors (Lipinski definition) is 1. The maximum Gasteiger partial charge on any atom is 0.269 e. The summed E-state index contributed by atoms with van der Waals surface area (Å²) in [6, 6.07) is 9.85. The van der Waals surface area contributed by atoms with Crippen molar-refractivity contribution in [3.63, 3.8) is 0 Å². The molecule has 108 valence electrons. The van der Waals surface area contributed by atoms with E-state index in [2.05, 4.69) is 5.32 Å². The molecule has 2 aromatic carbocycles. The number of amides is 1. The van der Waals surface area contributed by atoms with E-state index in [1.807, 2.05) is 0 Å². The Bertz CT molecular complexity index is 690. The quantitative estimate of drug-likeness (QED) is 0.925. The normalized spacial score (nSPS) is 16.4. The molecule has 1 aliphatic rings. The van der Waals surface area contributed by atoms with Gasteiger partial charge in [0.2, 0.25) is 6.10 Å². The minimum Gasteiger partial charge on any atom is -0.485 e. The Morgan fingerprint density at radius 3 is 2.67 bits per heavy atom. The molecule has 1 N–H and O–H groups in total. The maximum absolute atomic E-state index is 13.5. The third-order valence-corrected chi connectivity index (χ3v) is 2.99. The van der Waals surface area contributed by atoms with Crippen molar-refractivity contribution in [2.75, 3.05) is 11.9 Å². The van der Waals surface area contributed by atoms with Crippen LogP contribution in [-0.2, 0) is 4.79 Å². The van der Waals surface area contributed by atoms with Crippen LogP contribution in [-0.4, -0.2) is 18.6 Å². The number of carbonyl (C=O) groups excluding carboxylic acids is 1. The smallest absolute Gasteiger partial charge is 0.269 e. The van der Waals surface area contributed by atoms with E-state index in [0.29, 0.717) is 17.6 Å². The Morgan fingerprint density at radius 2 is 1.90 bits per heavy atom. The second kappa shape index (κ2) is 5.40. The molecule has 0 aliphatic carbocycles. The Morgan fingerprint density at radius 1 is 1.14 bits per heavy atom. The number of fused-ring (bicyclic) bond motifs is 1. The van der Waals surface area contributed by atoms with E-state index in [0.717, 1.165) is 12.1 Å². The molecule has 0 saturated heterocycles. The first kappa shape index (κ1) is 13.4. The largest absolute Gasteiger partial charge is 0.485 e. The van der Waals surface area contributed by atoms with Gasteiger partial charge in [-0.05, 0) is 24.3 Å².